The van der Waals surface area contributed by atoms with Crippen LogP contribution in [0.15, 0.2) is 23.1 Å². The summed E-state index contributed by atoms with van der Waals surface area (Å²) in [5.74, 6) is 0.314. The van der Waals surface area contributed by atoms with Crippen LogP contribution in [0.25, 0.3) is 0 Å². The highest BCUT2D eigenvalue weighted by atomic mass is 32.2. The molecule has 0 heterocycles. The van der Waals surface area contributed by atoms with Gasteiger partial charge in [0.05, 0.1) is 7.11 Å². The molecular weight excluding hydrogens is 252 g/mol. The largest absolute Gasteiger partial charge is 0.495 e. The van der Waals surface area contributed by atoms with Crippen LogP contribution < -0.4 is 15.2 Å². The van der Waals surface area contributed by atoms with E-state index in [4.69, 9.17) is 10.5 Å². The molecule has 102 valence electrons. The quantitative estimate of drug-likeness (QED) is 0.816. The molecular formula is C12H20N2O3S. The Morgan fingerprint density at radius 1 is 1.44 bits per heavy atom. The number of sulfonamides is 1. The van der Waals surface area contributed by atoms with Crippen LogP contribution >= 0.6 is 0 Å². The van der Waals surface area contributed by atoms with E-state index in [9.17, 15) is 8.42 Å². The average Bonchev–Trinajstić information content (AvgIpc) is 2.37. The molecule has 3 N–H and O–H groups in total. The van der Waals surface area contributed by atoms with E-state index in [0.29, 0.717) is 12.3 Å². The number of methoxy groups -OCH3 is 1. The van der Waals surface area contributed by atoms with E-state index >= 15 is 0 Å². The Morgan fingerprint density at radius 2 is 2.11 bits per heavy atom. The molecule has 0 aromatic heterocycles. The predicted molar refractivity (Wildman–Crippen MR) is 71.0 cm³/mol. The lowest BCUT2D eigenvalue weighted by atomic mass is 10.2. The maximum absolute atomic E-state index is 12.2. The second-order valence-corrected chi connectivity index (χ2v) is 5.80. The first-order chi connectivity index (χ1) is 8.44. The molecule has 6 heteroatoms. The minimum absolute atomic E-state index is 0.117. The summed E-state index contributed by atoms with van der Waals surface area (Å²) in [4.78, 5) is 0.141. The van der Waals surface area contributed by atoms with Gasteiger partial charge in [-0.3, -0.25) is 0 Å². The number of rotatable bonds is 6. The molecule has 0 aliphatic heterocycles. The van der Waals surface area contributed by atoms with Crippen molar-refractivity contribution < 1.29 is 13.2 Å². The number of hydrogen-bond donors (Lipinski definition) is 2. The number of hydrogen-bond acceptors (Lipinski definition) is 4. The van der Waals surface area contributed by atoms with Gasteiger partial charge in [0.2, 0.25) is 10.0 Å². The number of nitrogens with two attached hydrogens (primary N) is 1. The van der Waals surface area contributed by atoms with E-state index in [0.717, 1.165) is 12.0 Å². The molecule has 0 saturated heterocycles. The Kier molecular flexibility index (Phi) is 5.13. The van der Waals surface area contributed by atoms with Gasteiger partial charge in [-0.1, -0.05) is 13.0 Å². The fraction of sp³-hybridized carbons (Fsp3) is 0.500. The first kappa shape index (κ1) is 14.9. The summed E-state index contributed by atoms with van der Waals surface area (Å²) in [7, 11) is -2.11. The van der Waals surface area contributed by atoms with Gasteiger partial charge >= 0.3 is 0 Å². The highest BCUT2D eigenvalue weighted by molar-refractivity contribution is 7.89. The molecule has 5 nitrogen and oxygen atoms in total. The summed E-state index contributed by atoms with van der Waals surface area (Å²) in [6, 6.07) is 4.74. The molecule has 0 saturated carbocycles. The summed E-state index contributed by atoms with van der Waals surface area (Å²) in [5, 5.41) is 0. The molecule has 0 amide bonds. The van der Waals surface area contributed by atoms with Crippen LogP contribution in [0.1, 0.15) is 25.8 Å². The van der Waals surface area contributed by atoms with Crippen LogP contribution in [-0.2, 0) is 16.6 Å². The van der Waals surface area contributed by atoms with Crippen molar-refractivity contribution in [3.63, 3.8) is 0 Å². The summed E-state index contributed by atoms with van der Waals surface area (Å²) < 4.78 is 32.0. The van der Waals surface area contributed by atoms with E-state index < -0.39 is 10.0 Å². The molecule has 0 bridgehead atoms. The van der Waals surface area contributed by atoms with Gasteiger partial charge < -0.3 is 10.5 Å². The van der Waals surface area contributed by atoms with E-state index in [1.807, 2.05) is 13.8 Å². The molecule has 1 aromatic carbocycles. The van der Waals surface area contributed by atoms with E-state index in [1.165, 1.54) is 13.2 Å². The summed E-state index contributed by atoms with van der Waals surface area (Å²) in [6.45, 7) is 4.08. The van der Waals surface area contributed by atoms with Crippen molar-refractivity contribution in [2.24, 2.45) is 5.73 Å². The third-order valence-electron chi connectivity index (χ3n) is 2.72. The van der Waals surface area contributed by atoms with Crippen LogP contribution in [0, 0.1) is 0 Å². The fourth-order valence-corrected chi connectivity index (χ4v) is 2.95. The van der Waals surface area contributed by atoms with E-state index in [2.05, 4.69) is 4.72 Å². The van der Waals surface area contributed by atoms with Crippen molar-refractivity contribution in [2.45, 2.75) is 37.8 Å². The molecule has 1 aromatic rings. The van der Waals surface area contributed by atoms with Gasteiger partial charge in [-0.2, -0.15) is 0 Å². The molecule has 0 fully saturated rings. The molecule has 1 atom stereocenters. The fourth-order valence-electron chi connectivity index (χ4n) is 1.47. The summed E-state index contributed by atoms with van der Waals surface area (Å²) >= 11 is 0. The first-order valence-electron chi connectivity index (χ1n) is 5.84. The maximum Gasteiger partial charge on any atom is 0.244 e. The van der Waals surface area contributed by atoms with Gasteiger partial charge in [-0.05, 0) is 31.0 Å². The topological polar surface area (TPSA) is 81.4 Å². The van der Waals surface area contributed by atoms with Gasteiger partial charge in [-0.25, -0.2) is 13.1 Å². The van der Waals surface area contributed by atoms with Crippen LogP contribution in [0.5, 0.6) is 5.75 Å². The zero-order valence-electron chi connectivity index (χ0n) is 10.9. The number of benzene rings is 1. The average molecular weight is 272 g/mol. The third-order valence-corrected chi connectivity index (χ3v) is 4.35. The number of nitrogens with one attached hydrogen (secondary N) is 1. The van der Waals surface area contributed by atoms with Gasteiger partial charge in [0.15, 0.2) is 0 Å². The van der Waals surface area contributed by atoms with E-state index in [1.54, 1.807) is 12.1 Å². The standard InChI is InChI=1S/C12H20N2O3S/c1-4-9(2)14-18(15,16)12-6-5-10(8-13)7-11(12)17-3/h5-7,9,14H,4,8,13H2,1-3H3. The van der Waals surface area contributed by atoms with Crippen LogP contribution in [-0.4, -0.2) is 21.6 Å². The van der Waals surface area contributed by atoms with Gasteiger partial charge in [-0.15, -0.1) is 0 Å². The Bertz CT molecular complexity index is 500. The summed E-state index contributed by atoms with van der Waals surface area (Å²) in [5.41, 5.74) is 6.34. The number of ether oxygens (including phenoxy) is 1. The third kappa shape index (κ3) is 3.44. The summed E-state index contributed by atoms with van der Waals surface area (Å²) in [6.07, 6.45) is 0.725. The van der Waals surface area contributed by atoms with Crippen molar-refractivity contribution in [3.05, 3.63) is 23.8 Å². The second-order valence-electron chi connectivity index (χ2n) is 4.12. The van der Waals surface area contributed by atoms with Crippen molar-refractivity contribution in [1.82, 2.24) is 4.72 Å². The maximum atomic E-state index is 12.2. The highest BCUT2D eigenvalue weighted by Crippen LogP contribution is 2.25. The zero-order chi connectivity index (χ0) is 13.8. The monoisotopic (exact) mass is 272 g/mol. The molecule has 0 spiro atoms. The van der Waals surface area contributed by atoms with Crippen molar-refractivity contribution in [2.75, 3.05) is 7.11 Å². The molecule has 0 aliphatic rings. The highest BCUT2D eigenvalue weighted by Gasteiger charge is 2.21. The zero-order valence-corrected chi connectivity index (χ0v) is 11.8. The van der Waals surface area contributed by atoms with Crippen molar-refractivity contribution >= 4 is 10.0 Å². The first-order valence-corrected chi connectivity index (χ1v) is 7.32. The Balaban J connectivity index is 3.15. The Labute approximate surface area is 108 Å². The lowest BCUT2D eigenvalue weighted by molar-refractivity contribution is 0.401. The van der Waals surface area contributed by atoms with Crippen molar-refractivity contribution in [3.8, 4) is 5.75 Å². The van der Waals surface area contributed by atoms with Gasteiger partial charge in [0.1, 0.15) is 10.6 Å². The Morgan fingerprint density at radius 3 is 2.61 bits per heavy atom. The minimum atomic E-state index is -3.56. The molecule has 1 rings (SSSR count). The van der Waals surface area contributed by atoms with Crippen LogP contribution in [0.2, 0.25) is 0 Å². The molecule has 1 unspecified atom stereocenters. The second kappa shape index (κ2) is 6.17. The lowest BCUT2D eigenvalue weighted by Crippen LogP contribution is -2.32. The Hall–Kier alpha value is -1.11. The van der Waals surface area contributed by atoms with Crippen LogP contribution in [0.3, 0.4) is 0 Å². The molecule has 18 heavy (non-hydrogen) atoms. The van der Waals surface area contributed by atoms with Crippen LogP contribution in [0.4, 0.5) is 0 Å². The molecule has 0 aliphatic carbocycles. The lowest BCUT2D eigenvalue weighted by Gasteiger charge is -2.15. The normalized spacial score (nSPS) is 13.3. The van der Waals surface area contributed by atoms with Gasteiger partial charge in [0, 0.05) is 12.6 Å². The van der Waals surface area contributed by atoms with Gasteiger partial charge in [0.25, 0.3) is 0 Å². The van der Waals surface area contributed by atoms with Crippen molar-refractivity contribution in [1.29, 1.82) is 0 Å². The van der Waals surface area contributed by atoms with E-state index in [-0.39, 0.29) is 10.9 Å². The predicted octanol–water partition coefficient (Wildman–Crippen LogP) is 1.23. The SMILES string of the molecule is CCC(C)NS(=O)(=O)c1ccc(CN)cc1OC. The smallest absolute Gasteiger partial charge is 0.244 e. The molecule has 0 radical (unpaired) electrons. The minimum Gasteiger partial charge on any atom is -0.495 e.